The van der Waals surface area contributed by atoms with Crippen LogP contribution in [-0.2, 0) is 0 Å². The van der Waals surface area contributed by atoms with E-state index in [0.29, 0.717) is 0 Å². The molecule has 14 rings (SSSR count). The average molecular weight is 904 g/mol. The first-order valence-corrected chi connectivity index (χ1v) is 24.4. The molecule has 0 spiro atoms. The summed E-state index contributed by atoms with van der Waals surface area (Å²) in [7, 11) is 0. The van der Waals surface area contributed by atoms with Gasteiger partial charge in [-0.05, 0) is 128 Å². The maximum absolute atomic E-state index is 2.48. The van der Waals surface area contributed by atoms with Crippen molar-refractivity contribution in [1.29, 1.82) is 0 Å². The lowest BCUT2D eigenvalue weighted by molar-refractivity contribution is 1.18. The zero-order chi connectivity index (χ0) is 46.8. The molecule has 0 atom stereocenters. The summed E-state index contributed by atoms with van der Waals surface area (Å²) in [6, 6.07) is 100.0. The van der Waals surface area contributed by atoms with Gasteiger partial charge in [-0.25, -0.2) is 0 Å². The van der Waals surface area contributed by atoms with Crippen LogP contribution in [0.25, 0.3) is 110 Å². The molecule has 0 fully saturated rings. The Labute approximate surface area is 412 Å². The molecule has 332 valence electrons. The number of hydrogen-bond donors (Lipinski definition) is 0. The van der Waals surface area contributed by atoms with Gasteiger partial charge >= 0.3 is 0 Å². The molecule has 0 aliphatic heterocycles. The zero-order valence-corrected chi connectivity index (χ0v) is 38.8. The van der Waals surface area contributed by atoms with Crippen LogP contribution < -0.4 is 4.90 Å². The van der Waals surface area contributed by atoms with Crippen molar-refractivity contribution < 1.29 is 0 Å². The predicted octanol–water partition coefficient (Wildman–Crippen LogP) is 18.7. The minimum absolute atomic E-state index is 1.06. The Hall–Kier alpha value is -9.44. The Morgan fingerprint density at radius 2 is 0.676 bits per heavy atom. The second-order valence-corrected chi connectivity index (χ2v) is 18.4. The Balaban J connectivity index is 1.07. The van der Waals surface area contributed by atoms with Gasteiger partial charge in [-0.15, -0.1) is 0 Å². The summed E-state index contributed by atoms with van der Waals surface area (Å²) in [5.74, 6) is 0. The van der Waals surface area contributed by atoms with Gasteiger partial charge in [0.2, 0.25) is 0 Å². The van der Waals surface area contributed by atoms with Crippen molar-refractivity contribution in [3.63, 3.8) is 0 Å². The number of benzene rings is 12. The summed E-state index contributed by atoms with van der Waals surface area (Å²) in [5.41, 5.74) is 17.2. The summed E-state index contributed by atoms with van der Waals surface area (Å²) in [4.78, 5) is 2.48. The highest BCUT2D eigenvalue weighted by atomic mass is 15.1. The molecule has 0 aliphatic carbocycles. The smallest absolute Gasteiger partial charge is 0.0562 e. The molecule has 2 heterocycles. The summed E-state index contributed by atoms with van der Waals surface area (Å²) in [6.45, 7) is 0. The van der Waals surface area contributed by atoms with Crippen LogP contribution >= 0.6 is 0 Å². The van der Waals surface area contributed by atoms with Gasteiger partial charge in [0.25, 0.3) is 0 Å². The molecule has 3 nitrogen and oxygen atoms in total. The molecule has 0 unspecified atom stereocenters. The number of anilines is 3. The fourth-order valence-corrected chi connectivity index (χ4v) is 11.3. The number of rotatable bonds is 8. The first-order valence-electron chi connectivity index (χ1n) is 24.4. The number of aromatic nitrogens is 2. The van der Waals surface area contributed by atoms with Gasteiger partial charge < -0.3 is 14.0 Å². The lowest BCUT2D eigenvalue weighted by atomic mass is 9.94. The zero-order valence-electron chi connectivity index (χ0n) is 38.8. The molecule has 71 heavy (non-hydrogen) atoms. The molecule has 14 aromatic rings. The van der Waals surface area contributed by atoms with Crippen LogP contribution in [0.3, 0.4) is 0 Å². The molecule has 0 bridgehead atoms. The van der Waals surface area contributed by atoms with Crippen LogP contribution in [0.1, 0.15) is 0 Å². The number of fused-ring (bicyclic) bond motifs is 8. The van der Waals surface area contributed by atoms with E-state index in [0.717, 1.165) is 45.0 Å². The summed E-state index contributed by atoms with van der Waals surface area (Å²) < 4.78 is 4.86. The molecule has 3 heteroatoms. The third-order valence-electron chi connectivity index (χ3n) is 14.5. The molecule has 0 saturated heterocycles. The highest BCUT2D eigenvalue weighted by Gasteiger charge is 2.25. The van der Waals surface area contributed by atoms with Gasteiger partial charge in [0, 0.05) is 49.9 Å². The van der Waals surface area contributed by atoms with Crippen LogP contribution in [0.4, 0.5) is 17.1 Å². The molecule has 2 aromatic heterocycles. The van der Waals surface area contributed by atoms with E-state index >= 15 is 0 Å². The van der Waals surface area contributed by atoms with Gasteiger partial charge in [0.05, 0.1) is 27.8 Å². The molecule has 0 N–H and O–H groups in total. The standard InChI is InChI=1S/C68H45N3/c1-3-22-50(23-4-1)70-64-34-14-12-29-60(64)68-59(32-17-35-65(68)70)62-44-61-58-28-11-13-33-63(58)71(51-24-5-2-6-25-51)67(61)45-66(62)69(52-40-36-48(37-41-52)56-30-15-20-46-18-7-9-26-54(46)56)53-42-38-49(39-43-53)57-31-16-21-47-19-8-10-27-55(47)57/h1-45H. The van der Waals surface area contributed by atoms with Crippen LogP contribution in [0.2, 0.25) is 0 Å². The Morgan fingerprint density at radius 3 is 1.25 bits per heavy atom. The van der Waals surface area contributed by atoms with Crippen molar-refractivity contribution in [2.24, 2.45) is 0 Å². The van der Waals surface area contributed by atoms with E-state index in [1.54, 1.807) is 0 Å². The Bertz CT molecular complexity index is 4180. The lowest BCUT2D eigenvalue weighted by Gasteiger charge is -2.29. The average Bonchev–Trinajstić information content (AvgIpc) is 3.96. The van der Waals surface area contributed by atoms with Crippen LogP contribution in [0, 0.1) is 0 Å². The minimum Gasteiger partial charge on any atom is -0.310 e. The monoisotopic (exact) mass is 903 g/mol. The quantitative estimate of drug-likeness (QED) is 0.148. The van der Waals surface area contributed by atoms with Crippen molar-refractivity contribution >= 4 is 82.2 Å². The van der Waals surface area contributed by atoms with E-state index in [9.17, 15) is 0 Å². The molecule has 0 aliphatic rings. The first kappa shape index (κ1) is 40.6. The van der Waals surface area contributed by atoms with E-state index in [4.69, 9.17) is 0 Å². The predicted molar refractivity (Wildman–Crippen MR) is 301 cm³/mol. The van der Waals surface area contributed by atoms with Crippen molar-refractivity contribution in [3.05, 3.63) is 273 Å². The molecule has 12 aromatic carbocycles. The van der Waals surface area contributed by atoms with Crippen molar-refractivity contribution in [2.45, 2.75) is 0 Å². The van der Waals surface area contributed by atoms with E-state index in [1.165, 1.54) is 81.9 Å². The van der Waals surface area contributed by atoms with Crippen molar-refractivity contribution in [2.75, 3.05) is 4.90 Å². The maximum atomic E-state index is 2.48. The number of nitrogens with zero attached hydrogens (tertiary/aromatic N) is 3. The highest BCUT2D eigenvalue weighted by Crippen LogP contribution is 2.49. The van der Waals surface area contributed by atoms with Crippen LogP contribution in [0.15, 0.2) is 273 Å². The number of para-hydroxylation sites is 4. The molecular weight excluding hydrogens is 859 g/mol. The summed E-state index contributed by atoms with van der Waals surface area (Å²) in [6.07, 6.45) is 0. The number of hydrogen-bond acceptors (Lipinski definition) is 1. The SMILES string of the molecule is c1ccc(-n2c3ccccc3c3cc(-c4cccc5c4c4ccccc4n5-c4ccccc4)c(N(c4ccc(-c5cccc6ccccc56)cc4)c4ccc(-c5cccc6ccccc56)cc4)cc32)cc1. The lowest BCUT2D eigenvalue weighted by Crippen LogP contribution is -2.12. The van der Waals surface area contributed by atoms with E-state index < -0.39 is 0 Å². The van der Waals surface area contributed by atoms with Crippen LogP contribution in [-0.4, -0.2) is 9.13 Å². The van der Waals surface area contributed by atoms with Crippen LogP contribution in [0.5, 0.6) is 0 Å². The molecule has 0 amide bonds. The summed E-state index contributed by atoms with van der Waals surface area (Å²) >= 11 is 0. The fraction of sp³-hybridized carbons (Fsp3) is 0. The Morgan fingerprint density at radius 1 is 0.254 bits per heavy atom. The second kappa shape index (κ2) is 16.7. The van der Waals surface area contributed by atoms with Gasteiger partial charge in [0.1, 0.15) is 0 Å². The second-order valence-electron chi connectivity index (χ2n) is 18.4. The van der Waals surface area contributed by atoms with Gasteiger partial charge in [-0.1, -0.05) is 194 Å². The fourth-order valence-electron chi connectivity index (χ4n) is 11.3. The van der Waals surface area contributed by atoms with E-state index in [1.807, 2.05) is 0 Å². The van der Waals surface area contributed by atoms with E-state index in [2.05, 4.69) is 287 Å². The molecule has 0 saturated carbocycles. The Kier molecular flexibility index (Phi) is 9.53. The third kappa shape index (κ3) is 6.66. The largest absolute Gasteiger partial charge is 0.310 e. The van der Waals surface area contributed by atoms with E-state index in [-0.39, 0.29) is 0 Å². The minimum atomic E-state index is 1.06. The van der Waals surface area contributed by atoms with Gasteiger partial charge in [-0.2, -0.15) is 0 Å². The van der Waals surface area contributed by atoms with Gasteiger partial charge in [-0.3, -0.25) is 0 Å². The van der Waals surface area contributed by atoms with Crippen molar-refractivity contribution in [1.82, 2.24) is 9.13 Å². The van der Waals surface area contributed by atoms with Gasteiger partial charge in [0.15, 0.2) is 0 Å². The summed E-state index contributed by atoms with van der Waals surface area (Å²) in [5, 5.41) is 9.80. The highest BCUT2D eigenvalue weighted by molar-refractivity contribution is 6.19. The maximum Gasteiger partial charge on any atom is 0.0562 e. The molecule has 0 radical (unpaired) electrons. The first-order chi connectivity index (χ1) is 35.2. The topological polar surface area (TPSA) is 13.1 Å². The van der Waals surface area contributed by atoms with Crippen molar-refractivity contribution in [3.8, 4) is 44.8 Å². The normalized spacial score (nSPS) is 11.7. The molecular formula is C68H45N3. The third-order valence-corrected chi connectivity index (χ3v) is 14.5.